The van der Waals surface area contributed by atoms with Crippen LogP contribution < -0.4 is 0 Å². The van der Waals surface area contributed by atoms with Crippen LogP contribution in [-0.2, 0) is 0 Å². The van der Waals surface area contributed by atoms with Gasteiger partial charge in [-0.2, -0.15) is 0 Å². The Hall–Kier alpha value is -3.07. The summed E-state index contributed by atoms with van der Waals surface area (Å²) in [5, 5.41) is 0. The molecule has 0 spiro atoms. The van der Waals surface area contributed by atoms with Crippen LogP contribution in [0.2, 0.25) is 0 Å². The van der Waals surface area contributed by atoms with Crippen molar-refractivity contribution in [3.8, 4) is 5.69 Å². The van der Waals surface area contributed by atoms with E-state index in [4.69, 9.17) is 4.98 Å². The van der Waals surface area contributed by atoms with Crippen LogP contribution in [0.5, 0.6) is 0 Å². The lowest BCUT2D eigenvalue weighted by atomic mass is 10.2. The van der Waals surface area contributed by atoms with Gasteiger partial charge in [0.1, 0.15) is 0 Å². The van der Waals surface area contributed by atoms with Gasteiger partial charge in [-0.1, -0.05) is 42.0 Å². The summed E-state index contributed by atoms with van der Waals surface area (Å²) in [7, 11) is 0. The molecule has 0 aliphatic heterocycles. The maximum atomic E-state index is 4.88. The van der Waals surface area contributed by atoms with E-state index >= 15 is 0 Å². The molecule has 3 nitrogen and oxygen atoms in total. The van der Waals surface area contributed by atoms with Gasteiger partial charge >= 0.3 is 0 Å². The van der Waals surface area contributed by atoms with Gasteiger partial charge in [0.2, 0.25) is 5.78 Å². The maximum absolute atomic E-state index is 4.88. The number of aromatic nitrogens is 3. The lowest BCUT2D eigenvalue weighted by Gasteiger charge is -2.05. The van der Waals surface area contributed by atoms with Gasteiger partial charge in [0.05, 0.1) is 22.1 Å². The van der Waals surface area contributed by atoms with E-state index in [9.17, 15) is 0 Å². The minimum Gasteiger partial charge on any atom is -0.278 e. The van der Waals surface area contributed by atoms with Crippen molar-refractivity contribution < 1.29 is 0 Å². The molecule has 23 heavy (non-hydrogen) atoms. The van der Waals surface area contributed by atoms with Crippen LogP contribution in [0.25, 0.3) is 33.5 Å². The van der Waals surface area contributed by atoms with Crippen LogP contribution in [0, 0.1) is 6.92 Å². The summed E-state index contributed by atoms with van der Waals surface area (Å²) in [6.07, 6.45) is 0. The van der Waals surface area contributed by atoms with Crippen LogP contribution in [0.1, 0.15) is 5.56 Å². The largest absolute Gasteiger partial charge is 0.278 e. The van der Waals surface area contributed by atoms with Gasteiger partial charge < -0.3 is 0 Å². The summed E-state index contributed by atoms with van der Waals surface area (Å²) in [6, 6.07) is 25.3. The minimum absolute atomic E-state index is 0.955. The molecule has 0 fully saturated rings. The van der Waals surface area contributed by atoms with E-state index in [0.29, 0.717) is 0 Å². The van der Waals surface area contributed by atoms with Crippen molar-refractivity contribution >= 4 is 27.8 Å². The zero-order valence-electron chi connectivity index (χ0n) is 12.8. The number of benzene rings is 3. The molecule has 0 amide bonds. The number of hydrogen-bond acceptors (Lipinski definition) is 1. The standard InChI is InChI=1S/C20H15N3/c1-14-10-12-15(13-11-14)22-18-8-4-5-9-19(18)23-17-7-3-2-6-16(17)21-20(22)23/h2-13H,1H3. The Morgan fingerprint density at radius 3 is 2.13 bits per heavy atom. The molecule has 0 unspecified atom stereocenters. The molecular formula is C20H15N3. The van der Waals surface area contributed by atoms with Crippen molar-refractivity contribution in [1.29, 1.82) is 0 Å². The fourth-order valence-electron chi connectivity index (χ4n) is 3.30. The van der Waals surface area contributed by atoms with E-state index in [1.54, 1.807) is 0 Å². The average Bonchev–Trinajstić information content (AvgIpc) is 3.10. The highest BCUT2D eigenvalue weighted by Gasteiger charge is 2.16. The first-order valence-electron chi connectivity index (χ1n) is 7.76. The van der Waals surface area contributed by atoms with Gasteiger partial charge in [0.25, 0.3) is 0 Å². The number of aryl methyl sites for hydroxylation is 1. The number of hydrogen-bond donors (Lipinski definition) is 0. The van der Waals surface area contributed by atoms with E-state index < -0.39 is 0 Å². The second-order valence-electron chi connectivity index (χ2n) is 5.90. The van der Waals surface area contributed by atoms with E-state index in [-0.39, 0.29) is 0 Å². The zero-order chi connectivity index (χ0) is 15.4. The molecule has 3 aromatic carbocycles. The van der Waals surface area contributed by atoms with Crippen molar-refractivity contribution in [2.75, 3.05) is 0 Å². The van der Waals surface area contributed by atoms with Crippen LogP contribution in [0.3, 0.4) is 0 Å². The topological polar surface area (TPSA) is 22.2 Å². The molecule has 5 rings (SSSR count). The van der Waals surface area contributed by atoms with Gasteiger partial charge in [0, 0.05) is 5.69 Å². The van der Waals surface area contributed by atoms with E-state index in [1.165, 1.54) is 16.6 Å². The van der Waals surface area contributed by atoms with Gasteiger partial charge in [0.15, 0.2) is 0 Å². The Labute approximate surface area is 133 Å². The lowest BCUT2D eigenvalue weighted by Crippen LogP contribution is -1.94. The van der Waals surface area contributed by atoms with E-state index in [1.807, 2.05) is 6.07 Å². The number of imidazole rings is 2. The fourth-order valence-corrected chi connectivity index (χ4v) is 3.30. The Bertz CT molecular complexity index is 1160. The monoisotopic (exact) mass is 297 g/mol. The molecule has 0 saturated carbocycles. The maximum Gasteiger partial charge on any atom is 0.220 e. The van der Waals surface area contributed by atoms with E-state index in [0.717, 1.165) is 22.5 Å². The zero-order valence-corrected chi connectivity index (χ0v) is 12.8. The number of rotatable bonds is 1. The molecule has 0 aliphatic carbocycles. The van der Waals surface area contributed by atoms with Crippen LogP contribution in [0.4, 0.5) is 0 Å². The van der Waals surface area contributed by atoms with Crippen molar-refractivity contribution in [2.24, 2.45) is 0 Å². The molecule has 5 aromatic rings. The third-order valence-corrected chi connectivity index (χ3v) is 4.40. The molecule has 0 saturated heterocycles. The number of para-hydroxylation sites is 4. The Morgan fingerprint density at radius 1 is 0.696 bits per heavy atom. The predicted octanol–water partition coefficient (Wildman–Crippen LogP) is 4.74. The Balaban J connectivity index is 2.01. The van der Waals surface area contributed by atoms with Gasteiger partial charge in [-0.3, -0.25) is 8.97 Å². The van der Waals surface area contributed by atoms with Gasteiger partial charge in [-0.15, -0.1) is 0 Å². The SMILES string of the molecule is Cc1ccc(-n2c3ccccc3n3c4ccccc4nc23)cc1. The van der Waals surface area contributed by atoms with Crippen molar-refractivity contribution in [1.82, 2.24) is 14.0 Å². The molecule has 2 aromatic heterocycles. The molecule has 3 heteroatoms. The smallest absolute Gasteiger partial charge is 0.220 e. The molecule has 2 heterocycles. The Morgan fingerprint density at radius 2 is 1.35 bits per heavy atom. The molecule has 0 bridgehead atoms. The average molecular weight is 297 g/mol. The summed E-state index contributed by atoms with van der Waals surface area (Å²) in [5.74, 6) is 0.955. The van der Waals surface area contributed by atoms with Crippen molar-refractivity contribution in [3.05, 3.63) is 78.4 Å². The number of nitrogens with zero attached hydrogens (tertiary/aromatic N) is 3. The van der Waals surface area contributed by atoms with Gasteiger partial charge in [-0.05, 0) is 43.3 Å². The van der Waals surface area contributed by atoms with Crippen LogP contribution in [-0.4, -0.2) is 14.0 Å². The molecule has 110 valence electrons. The summed E-state index contributed by atoms with van der Waals surface area (Å²) < 4.78 is 4.47. The summed E-state index contributed by atoms with van der Waals surface area (Å²) in [4.78, 5) is 4.88. The molecular weight excluding hydrogens is 282 g/mol. The van der Waals surface area contributed by atoms with Crippen LogP contribution >= 0.6 is 0 Å². The van der Waals surface area contributed by atoms with Gasteiger partial charge in [-0.25, -0.2) is 4.98 Å². The highest BCUT2D eigenvalue weighted by Crippen LogP contribution is 2.28. The summed E-state index contributed by atoms with van der Waals surface area (Å²) in [5.41, 5.74) is 6.91. The first kappa shape index (κ1) is 12.5. The summed E-state index contributed by atoms with van der Waals surface area (Å²) in [6.45, 7) is 2.11. The quantitative estimate of drug-likeness (QED) is 0.438. The molecule has 0 aliphatic rings. The number of fused-ring (bicyclic) bond motifs is 5. The molecule has 0 radical (unpaired) electrons. The van der Waals surface area contributed by atoms with Crippen molar-refractivity contribution in [3.63, 3.8) is 0 Å². The lowest BCUT2D eigenvalue weighted by molar-refractivity contribution is 1.11. The summed E-state index contributed by atoms with van der Waals surface area (Å²) >= 11 is 0. The molecule has 0 atom stereocenters. The molecule has 0 N–H and O–H groups in total. The highest BCUT2D eigenvalue weighted by molar-refractivity contribution is 5.91. The highest BCUT2D eigenvalue weighted by atomic mass is 15.2. The van der Waals surface area contributed by atoms with E-state index in [2.05, 4.69) is 82.6 Å². The normalized spacial score (nSPS) is 11.7. The first-order valence-corrected chi connectivity index (χ1v) is 7.76. The van der Waals surface area contributed by atoms with Crippen LogP contribution in [0.15, 0.2) is 72.8 Å². The third kappa shape index (κ3) is 1.67. The minimum atomic E-state index is 0.955. The Kier molecular flexibility index (Phi) is 2.42. The predicted molar refractivity (Wildman–Crippen MR) is 94.3 cm³/mol. The second kappa shape index (κ2) is 4.46. The third-order valence-electron chi connectivity index (χ3n) is 4.40. The second-order valence-corrected chi connectivity index (χ2v) is 5.90. The van der Waals surface area contributed by atoms with Crippen molar-refractivity contribution in [2.45, 2.75) is 6.92 Å². The fraction of sp³-hybridized carbons (Fsp3) is 0.0500. The first-order chi connectivity index (χ1) is 11.3.